The summed E-state index contributed by atoms with van der Waals surface area (Å²) in [6, 6.07) is 11.1. The SMILES string of the molecule is O=C(c1ccc2nc[nH]c2c1)N1CCCC(c2nnc(-c3ccc4c(c3)OCO4)o2)C1. The lowest BCUT2D eigenvalue weighted by molar-refractivity contribution is 0.0698. The largest absolute Gasteiger partial charge is 0.454 e. The maximum Gasteiger partial charge on any atom is 0.253 e. The Hall–Kier alpha value is -3.88. The van der Waals surface area contributed by atoms with Gasteiger partial charge in [-0.2, -0.15) is 0 Å². The predicted molar refractivity (Wildman–Crippen MR) is 110 cm³/mol. The van der Waals surface area contributed by atoms with Crippen molar-refractivity contribution >= 4 is 16.9 Å². The fourth-order valence-electron chi connectivity index (χ4n) is 4.16. The fourth-order valence-corrected chi connectivity index (χ4v) is 4.16. The normalized spacial score (nSPS) is 17.9. The van der Waals surface area contributed by atoms with Crippen LogP contribution in [0.4, 0.5) is 0 Å². The van der Waals surface area contributed by atoms with Gasteiger partial charge in [-0.1, -0.05) is 0 Å². The molecule has 31 heavy (non-hydrogen) atoms. The Morgan fingerprint density at radius 1 is 1.10 bits per heavy atom. The van der Waals surface area contributed by atoms with Crippen molar-refractivity contribution in [3.63, 3.8) is 0 Å². The summed E-state index contributed by atoms with van der Waals surface area (Å²) >= 11 is 0. The minimum absolute atomic E-state index is 0.00305. The summed E-state index contributed by atoms with van der Waals surface area (Å²) in [6.45, 7) is 1.47. The number of piperidine rings is 1. The number of carbonyl (C=O) groups excluding carboxylic acids is 1. The number of hydrogen-bond acceptors (Lipinski definition) is 7. The van der Waals surface area contributed by atoms with Gasteiger partial charge in [0.05, 0.1) is 23.3 Å². The van der Waals surface area contributed by atoms with E-state index in [1.165, 1.54) is 0 Å². The van der Waals surface area contributed by atoms with Crippen LogP contribution in [0.15, 0.2) is 47.1 Å². The first-order chi connectivity index (χ1) is 15.2. The molecule has 1 N–H and O–H groups in total. The highest BCUT2D eigenvalue weighted by Crippen LogP contribution is 2.36. The Morgan fingerprint density at radius 3 is 3.00 bits per heavy atom. The number of rotatable bonds is 3. The van der Waals surface area contributed by atoms with Gasteiger partial charge in [-0.15, -0.1) is 10.2 Å². The smallest absolute Gasteiger partial charge is 0.253 e. The minimum atomic E-state index is -0.00305. The van der Waals surface area contributed by atoms with Crippen LogP contribution in [0.3, 0.4) is 0 Å². The van der Waals surface area contributed by atoms with Crippen molar-refractivity contribution < 1.29 is 18.7 Å². The van der Waals surface area contributed by atoms with E-state index >= 15 is 0 Å². The average molecular weight is 417 g/mol. The number of ether oxygens (including phenoxy) is 2. The van der Waals surface area contributed by atoms with Crippen molar-refractivity contribution in [2.24, 2.45) is 0 Å². The van der Waals surface area contributed by atoms with Crippen molar-refractivity contribution in [1.82, 2.24) is 25.1 Å². The van der Waals surface area contributed by atoms with Gasteiger partial charge in [-0.3, -0.25) is 4.79 Å². The van der Waals surface area contributed by atoms with Crippen LogP contribution < -0.4 is 9.47 Å². The second-order valence-corrected chi connectivity index (χ2v) is 7.74. The van der Waals surface area contributed by atoms with E-state index in [1.807, 2.05) is 41.3 Å². The molecule has 2 aromatic carbocycles. The fraction of sp³-hybridized carbons (Fsp3) is 0.273. The van der Waals surface area contributed by atoms with Crippen molar-refractivity contribution in [2.75, 3.05) is 19.9 Å². The van der Waals surface area contributed by atoms with Crippen molar-refractivity contribution in [3.8, 4) is 23.0 Å². The Bertz CT molecular complexity index is 1280. The predicted octanol–water partition coefficient (Wildman–Crippen LogP) is 3.36. The number of nitrogens with zero attached hydrogens (tertiary/aromatic N) is 4. The minimum Gasteiger partial charge on any atom is -0.454 e. The molecule has 156 valence electrons. The lowest BCUT2D eigenvalue weighted by Crippen LogP contribution is -2.39. The molecule has 0 bridgehead atoms. The first kappa shape index (κ1) is 17.9. The monoisotopic (exact) mass is 417 g/mol. The number of nitrogens with one attached hydrogen (secondary N) is 1. The zero-order valence-electron chi connectivity index (χ0n) is 16.6. The molecular weight excluding hydrogens is 398 g/mol. The zero-order chi connectivity index (χ0) is 20.8. The summed E-state index contributed by atoms with van der Waals surface area (Å²) in [6.07, 6.45) is 3.40. The maximum absolute atomic E-state index is 13.1. The number of aromatic amines is 1. The van der Waals surface area contributed by atoms with Gasteiger partial charge >= 0.3 is 0 Å². The van der Waals surface area contributed by atoms with Crippen LogP contribution in [0.2, 0.25) is 0 Å². The molecule has 2 aliphatic heterocycles. The van der Waals surface area contributed by atoms with Gasteiger partial charge < -0.3 is 23.8 Å². The van der Waals surface area contributed by atoms with E-state index in [1.54, 1.807) is 6.33 Å². The molecule has 0 aliphatic carbocycles. The van der Waals surface area contributed by atoms with E-state index in [-0.39, 0.29) is 18.6 Å². The van der Waals surface area contributed by atoms with E-state index in [4.69, 9.17) is 13.9 Å². The summed E-state index contributed by atoms with van der Waals surface area (Å²) < 4.78 is 16.8. The Labute approximate surface area is 177 Å². The molecule has 0 spiro atoms. The standard InChI is InChI=1S/C22H19N5O4/c28-22(14-3-5-16-17(8-14)24-11-23-16)27-7-1-2-15(10-27)21-26-25-20(31-21)13-4-6-18-19(9-13)30-12-29-18/h3-6,8-9,11,15H,1-2,7,10,12H2,(H,23,24). The summed E-state index contributed by atoms with van der Waals surface area (Å²) in [7, 11) is 0. The maximum atomic E-state index is 13.1. The number of carbonyl (C=O) groups is 1. The molecule has 0 radical (unpaired) electrons. The van der Waals surface area contributed by atoms with Gasteiger partial charge in [0.15, 0.2) is 11.5 Å². The molecule has 1 unspecified atom stereocenters. The molecule has 9 nitrogen and oxygen atoms in total. The van der Waals surface area contributed by atoms with Crippen LogP contribution in [0.25, 0.3) is 22.5 Å². The summed E-state index contributed by atoms with van der Waals surface area (Å²) in [5.41, 5.74) is 3.11. The first-order valence-corrected chi connectivity index (χ1v) is 10.2. The highest BCUT2D eigenvalue weighted by molar-refractivity contribution is 5.97. The van der Waals surface area contributed by atoms with Gasteiger partial charge in [0, 0.05) is 24.2 Å². The molecule has 1 saturated heterocycles. The Morgan fingerprint density at radius 2 is 2.03 bits per heavy atom. The second kappa shape index (κ2) is 7.12. The number of benzene rings is 2. The first-order valence-electron chi connectivity index (χ1n) is 10.2. The number of aromatic nitrogens is 4. The molecule has 2 aliphatic rings. The average Bonchev–Trinajstić information content (AvgIpc) is 3.58. The molecule has 4 heterocycles. The molecule has 6 rings (SSSR count). The van der Waals surface area contributed by atoms with Crippen molar-refractivity contribution in [1.29, 1.82) is 0 Å². The Kier molecular flexibility index (Phi) is 4.12. The highest BCUT2D eigenvalue weighted by Gasteiger charge is 2.29. The molecule has 0 saturated carbocycles. The van der Waals surface area contributed by atoms with Crippen LogP contribution in [0, 0.1) is 0 Å². The third-order valence-electron chi connectivity index (χ3n) is 5.79. The number of H-pyrrole nitrogens is 1. The van der Waals surface area contributed by atoms with Gasteiger partial charge in [-0.05, 0) is 49.2 Å². The van der Waals surface area contributed by atoms with Gasteiger partial charge in [0.25, 0.3) is 5.91 Å². The number of hydrogen-bond donors (Lipinski definition) is 1. The van der Waals surface area contributed by atoms with Crippen LogP contribution in [0.1, 0.15) is 35.0 Å². The second-order valence-electron chi connectivity index (χ2n) is 7.74. The van der Waals surface area contributed by atoms with Crippen LogP contribution in [-0.2, 0) is 0 Å². The van der Waals surface area contributed by atoms with Crippen LogP contribution >= 0.6 is 0 Å². The lowest BCUT2D eigenvalue weighted by atomic mass is 9.97. The molecule has 1 atom stereocenters. The number of imidazole rings is 1. The molecule has 9 heteroatoms. The van der Waals surface area contributed by atoms with Gasteiger partial charge in [-0.25, -0.2) is 4.98 Å². The van der Waals surface area contributed by atoms with E-state index in [0.717, 1.165) is 29.4 Å². The number of likely N-dealkylation sites (tertiary alicyclic amines) is 1. The third-order valence-corrected chi connectivity index (χ3v) is 5.79. The third kappa shape index (κ3) is 3.18. The molecule has 1 fully saturated rings. The van der Waals surface area contributed by atoms with Gasteiger partial charge in [0.2, 0.25) is 18.6 Å². The van der Waals surface area contributed by atoms with E-state index in [9.17, 15) is 4.79 Å². The molecule has 2 aromatic heterocycles. The van der Waals surface area contributed by atoms with Crippen molar-refractivity contribution in [2.45, 2.75) is 18.8 Å². The van der Waals surface area contributed by atoms with Crippen molar-refractivity contribution in [3.05, 3.63) is 54.2 Å². The van der Waals surface area contributed by atoms with E-state index < -0.39 is 0 Å². The number of fused-ring (bicyclic) bond motifs is 2. The zero-order valence-corrected chi connectivity index (χ0v) is 16.6. The summed E-state index contributed by atoms with van der Waals surface area (Å²) in [4.78, 5) is 22.2. The molecular formula is C22H19N5O4. The van der Waals surface area contributed by atoms with Crippen LogP contribution in [0.5, 0.6) is 11.5 Å². The van der Waals surface area contributed by atoms with Gasteiger partial charge in [0.1, 0.15) is 0 Å². The lowest BCUT2D eigenvalue weighted by Gasteiger charge is -2.31. The summed E-state index contributed by atoms with van der Waals surface area (Å²) in [5, 5.41) is 8.49. The molecule has 4 aromatic rings. The van der Waals surface area contributed by atoms with Crippen LogP contribution in [-0.4, -0.2) is 50.9 Å². The van der Waals surface area contributed by atoms with E-state index in [2.05, 4.69) is 20.2 Å². The summed E-state index contributed by atoms with van der Waals surface area (Å²) in [5.74, 6) is 2.36. The highest BCUT2D eigenvalue weighted by atomic mass is 16.7. The van der Waals surface area contributed by atoms with E-state index in [0.29, 0.717) is 41.9 Å². The number of amides is 1. The Balaban J connectivity index is 1.21. The quantitative estimate of drug-likeness (QED) is 0.545. The molecule has 1 amide bonds. The topological polar surface area (TPSA) is 106 Å².